The van der Waals surface area contributed by atoms with Crippen LogP contribution in [0.15, 0.2) is 18.3 Å². The fourth-order valence-corrected chi connectivity index (χ4v) is 4.93. The van der Waals surface area contributed by atoms with Crippen molar-refractivity contribution in [2.24, 2.45) is 0 Å². The first-order valence-corrected chi connectivity index (χ1v) is 10.8. The number of H-pyrrole nitrogens is 1. The van der Waals surface area contributed by atoms with Crippen LogP contribution < -0.4 is 5.32 Å². The summed E-state index contributed by atoms with van der Waals surface area (Å²) >= 11 is 0. The number of aryl methyl sites for hydroxylation is 1. The van der Waals surface area contributed by atoms with Gasteiger partial charge in [0.1, 0.15) is 0 Å². The number of carbonyl (C=O) groups excluding carboxylic acids is 1. The van der Waals surface area contributed by atoms with Crippen LogP contribution in [0, 0.1) is 6.92 Å². The number of likely N-dealkylation sites (tertiary alicyclic amines) is 2. The minimum atomic E-state index is -0.171. The molecule has 1 aromatic heterocycles. The highest BCUT2D eigenvalue weighted by Gasteiger charge is 2.30. The summed E-state index contributed by atoms with van der Waals surface area (Å²) in [5.41, 5.74) is 3.44. The standard InChI is InChI=1S/C22H33N5O/c1-16-12-17(13-18-15-24-25-21(16)18)14-20(23-2)22(28)27-10-6-19(7-11-27)26-8-4-3-5-9-26/h12-13,15,19-20,23H,3-11,14H2,1-2H3,(H,24,25). The van der Waals surface area contributed by atoms with Crippen LogP contribution in [0.1, 0.15) is 43.2 Å². The number of benzene rings is 1. The molecule has 2 N–H and O–H groups in total. The third-order valence-electron chi connectivity index (χ3n) is 6.58. The van der Waals surface area contributed by atoms with Crippen LogP contribution in [-0.4, -0.2) is 71.2 Å². The molecule has 2 aliphatic rings. The number of aromatic nitrogens is 2. The Labute approximate surface area is 167 Å². The summed E-state index contributed by atoms with van der Waals surface area (Å²) in [6.45, 7) is 6.35. The van der Waals surface area contributed by atoms with E-state index in [1.807, 2.05) is 13.2 Å². The van der Waals surface area contributed by atoms with Gasteiger partial charge in [0.25, 0.3) is 0 Å². The maximum Gasteiger partial charge on any atom is 0.240 e. The van der Waals surface area contributed by atoms with Gasteiger partial charge in [0, 0.05) is 24.5 Å². The molecule has 0 bridgehead atoms. The SMILES string of the molecule is CNC(Cc1cc(C)c2[nH]ncc2c1)C(=O)N1CCC(N2CCCCC2)CC1. The Kier molecular flexibility index (Phi) is 5.97. The van der Waals surface area contributed by atoms with E-state index in [9.17, 15) is 4.79 Å². The van der Waals surface area contributed by atoms with Crippen LogP contribution in [0.2, 0.25) is 0 Å². The molecule has 152 valence electrons. The summed E-state index contributed by atoms with van der Waals surface area (Å²) in [5, 5.41) is 11.5. The van der Waals surface area contributed by atoms with Gasteiger partial charge in [0.05, 0.1) is 17.8 Å². The number of hydrogen-bond donors (Lipinski definition) is 2. The molecular weight excluding hydrogens is 350 g/mol. The van der Waals surface area contributed by atoms with E-state index in [2.05, 4.69) is 44.4 Å². The van der Waals surface area contributed by atoms with E-state index in [1.165, 1.54) is 43.5 Å². The molecule has 0 aliphatic carbocycles. The molecule has 0 spiro atoms. The first kappa shape index (κ1) is 19.4. The van der Waals surface area contributed by atoms with Crippen molar-refractivity contribution < 1.29 is 4.79 Å². The number of carbonyl (C=O) groups is 1. The molecule has 28 heavy (non-hydrogen) atoms. The molecule has 1 aromatic carbocycles. The lowest BCUT2D eigenvalue weighted by atomic mass is 9.97. The van der Waals surface area contributed by atoms with E-state index in [0.29, 0.717) is 12.5 Å². The zero-order valence-corrected chi connectivity index (χ0v) is 17.2. The van der Waals surface area contributed by atoms with Gasteiger partial charge in [-0.15, -0.1) is 0 Å². The number of amides is 1. The summed E-state index contributed by atoms with van der Waals surface area (Å²) in [6.07, 6.45) is 8.84. The molecule has 1 atom stereocenters. The topological polar surface area (TPSA) is 64.3 Å². The molecule has 6 nitrogen and oxygen atoms in total. The van der Waals surface area contributed by atoms with Gasteiger partial charge in [-0.2, -0.15) is 5.10 Å². The Morgan fingerprint density at radius 2 is 1.96 bits per heavy atom. The van der Waals surface area contributed by atoms with Crippen molar-refractivity contribution in [2.45, 2.75) is 57.5 Å². The lowest BCUT2D eigenvalue weighted by molar-refractivity contribution is -0.135. The second kappa shape index (κ2) is 8.62. The fourth-order valence-electron chi connectivity index (χ4n) is 4.93. The summed E-state index contributed by atoms with van der Waals surface area (Å²) in [6, 6.07) is 4.81. The smallest absolute Gasteiger partial charge is 0.240 e. The molecule has 2 fully saturated rings. The fraction of sp³-hybridized carbons (Fsp3) is 0.636. The molecule has 1 amide bonds. The maximum atomic E-state index is 13.1. The van der Waals surface area contributed by atoms with Gasteiger partial charge < -0.3 is 15.1 Å². The lowest BCUT2D eigenvalue weighted by Gasteiger charge is -2.41. The molecule has 0 radical (unpaired) electrons. The molecule has 0 saturated carbocycles. The van der Waals surface area contributed by atoms with Gasteiger partial charge in [-0.1, -0.05) is 12.5 Å². The zero-order valence-electron chi connectivity index (χ0n) is 17.2. The van der Waals surface area contributed by atoms with E-state index in [-0.39, 0.29) is 11.9 Å². The van der Waals surface area contributed by atoms with Crippen LogP contribution in [-0.2, 0) is 11.2 Å². The van der Waals surface area contributed by atoms with E-state index in [4.69, 9.17) is 0 Å². The van der Waals surface area contributed by atoms with Crippen molar-refractivity contribution in [1.82, 2.24) is 25.3 Å². The second-order valence-electron chi connectivity index (χ2n) is 8.45. The number of nitrogens with one attached hydrogen (secondary N) is 2. The van der Waals surface area contributed by atoms with E-state index < -0.39 is 0 Å². The normalized spacial score (nSPS) is 20.6. The third kappa shape index (κ3) is 4.08. The second-order valence-corrected chi connectivity index (χ2v) is 8.45. The first-order valence-electron chi connectivity index (χ1n) is 10.8. The highest BCUT2D eigenvalue weighted by Crippen LogP contribution is 2.23. The Balaban J connectivity index is 1.37. The number of nitrogens with zero attached hydrogens (tertiary/aromatic N) is 3. The Morgan fingerprint density at radius 1 is 1.21 bits per heavy atom. The third-order valence-corrected chi connectivity index (χ3v) is 6.58. The Morgan fingerprint density at radius 3 is 2.68 bits per heavy atom. The Hall–Kier alpha value is -1.92. The lowest BCUT2D eigenvalue weighted by Crippen LogP contribution is -2.52. The summed E-state index contributed by atoms with van der Waals surface area (Å²) < 4.78 is 0. The molecule has 2 saturated heterocycles. The predicted molar refractivity (Wildman–Crippen MR) is 112 cm³/mol. The van der Waals surface area contributed by atoms with E-state index >= 15 is 0 Å². The van der Waals surface area contributed by atoms with Crippen LogP contribution in [0.4, 0.5) is 0 Å². The van der Waals surface area contributed by atoms with Crippen molar-refractivity contribution >= 4 is 16.8 Å². The van der Waals surface area contributed by atoms with Gasteiger partial charge in [-0.3, -0.25) is 9.89 Å². The number of hydrogen-bond acceptors (Lipinski definition) is 4. The van der Waals surface area contributed by atoms with Crippen molar-refractivity contribution in [3.8, 4) is 0 Å². The molecule has 4 rings (SSSR count). The average molecular weight is 384 g/mol. The van der Waals surface area contributed by atoms with Crippen molar-refractivity contribution in [2.75, 3.05) is 33.2 Å². The monoisotopic (exact) mass is 383 g/mol. The van der Waals surface area contributed by atoms with Crippen LogP contribution in [0.3, 0.4) is 0 Å². The number of aromatic amines is 1. The molecule has 2 aliphatic heterocycles. The van der Waals surface area contributed by atoms with Crippen LogP contribution in [0.5, 0.6) is 0 Å². The predicted octanol–water partition coefficient (Wildman–Crippen LogP) is 2.48. The van der Waals surface area contributed by atoms with Crippen molar-refractivity contribution in [1.29, 1.82) is 0 Å². The Bertz CT molecular complexity index is 802. The highest BCUT2D eigenvalue weighted by atomic mass is 16.2. The minimum absolute atomic E-state index is 0.171. The average Bonchev–Trinajstić information content (AvgIpc) is 3.21. The summed E-state index contributed by atoms with van der Waals surface area (Å²) in [5.74, 6) is 0.240. The van der Waals surface area contributed by atoms with Crippen LogP contribution >= 0.6 is 0 Å². The summed E-state index contributed by atoms with van der Waals surface area (Å²) in [7, 11) is 1.90. The number of fused-ring (bicyclic) bond motifs is 1. The van der Waals surface area contributed by atoms with E-state index in [0.717, 1.165) is 36.8 Å². The molecule has 2 aromatic rings. The van der Waals surface area contributed by atoms with Crippen LogP contribution in [0.25, 0.3) is 10.9 Å². The number of piperidine rings is 2. The molecule has 6 heteroatoms. The van der Waals surface area contributed by atoms with E-state index in [1.54, 1.807) is 0 Å². The van der Waals surface area contributed by atoms with Crippen molar-refractivity contribution in [3.63, 3.8) is 0 Å². The zero-order chi connectivity index (χ0) is 19.5. The largest absolute Gasteiger partial charge is 0.341 e. The minimum Gasteiger partial charge on any atom is -0.341 e. The van der Waals surface area contributed by atoms with Gasteiger partial charge >= 0.3 is 0 Å². The number of rotatable bonds is 5. The number of likely N-dealkylation sites (N-methyl/N-ethyl adjacent to an activating group) is 1. The summed E-state index contributed by atoms with van der Waals surface area (Å²) in [4.78, 5) is 17.9. The molecule has 1 unspecified atom stereocenters. The first-order chi connectivity index (χ1) is 13.7. The molecule has 3 heterocycles. The van der Waals surface area contributed by atoms with Gasteiger partial charge in [-0.05, 0) is 76.4 Å². The highest BCUT2D eigenvalue weighted by molar-refractivity contribution is 5.84. The van der Waals surface area contributed by atoms with Gasteiger partial charge in [0.15, 0.2) is 0 Å². The van der Waals surface area contributed by atoms with Gasteiger partial charge in [0.2, 0.25) is 5.91 Å². The van der Waals surface area contributed by atoms with Crippen molar-refractivity contribution in [3.05, 3.63) is 29.5 Å². The quantitative estimate of drug-likeness (QED) is 0.833. The molecular formula is C22H33N5O. The maximum absolute atomic E-state index is 13.1. The van der Waals surface area contributed by atoms with Gasteiger partial charge in [-0.25, -0.2) is 0 Å².